The van der Waals surface area contributed by atoms with Crippen LogP contribution in [0, 0.1) is 12.8 Å². The van der Waals surface area contributed by atoms with Gasteiger partial charge in [-0.3, -0.25) is 0 Å². The lowest BCUT2D eigenvalue weighted by molar-refractivity contribution is 0.0663. The van der Waals surface area contributed by atoms with Crippen LogP contribution in [-0.2, 0) is 0 Å². The standard InChI is InChI=1S/C17H27NO2/c1-3-10-18(11-15-8-9-15)12-16(19)13-20-17-7-5-4-6-14(17)2/h4-7,15-16,19H,3,8-13H2,1-2H3. The molecule has 1 N–H and O–H groups in total. The van der Waals surface area contributed by atoms with Crippen molar-refractivity contribution in [2.45, 2.75) is 39.2 Å². The third kappa shape index (κ3) is 5.14. The van der Waals surface area contributed by atoms with Crippen LogP contribution in [0.4, 0.5) is 0 Å². The summed E-state index contributed by atoms with van der Waals surface area (Å²) in [6.45, 7) is 7.51. The predicted molar refractivity (Wildman–Crippen MR) is 82.1 cm³/mol. The summed E-state index contributed by atoms with van der Waals surface area (Å²) in [6, 6.07) is 7.94. The molecule has 0 saturated heterocycles. The first-order valence-electron chi connectivity index (χ1n) is 7.78. The van der Waals surface area contributed by atoms with Crippen LogP contribution in [0.1, 0.15) is 31.7 Å². The molecule has 3 heteroatoms. The van der Waals surface area contributed by atoms with Crippen molar-refractivity contribution < 1.29 is 9.84 Å². The fraction of sp³-hybridized carbons (Fsp3) is 0.647. The zero-order valence-electron chi connectivity index (χ0n) is 12.7. The van der Waals surface area contributed by atoms with Crippen LogP contribution in [0.15, 0.2) is 24.3 Å². The van der Waals surface area contributed by atoms with Gasteiger partial charge in [0.05, 0.1) is 0 Å². The largest absolute Gasteiger partial charge is 0.491 e. The first kappa shape index (κ1) is 15.3. The van der Waals surface area contributed by atoms with E-state index < -0.39 is 6.10 Å². The van der Waals surface area contributed by atoms with E-state index in [1.807, 2.05) is 31.2 Å². The first-order chi connectivity index (χ1) is 9.69. The van der Waals surface area contributed by atoms with E-state index in [4.69, 9.17) is 4.74 Å². The van der Waals surface area contributed by atoms with E-state index in [1.165, 1.54) is 12.8 Å². The van der Waals surface area contributed by atoms with Crippen molar-refractivity contribution in [3.63, 3.8) is 0 Å². The molecule has 0 bridgehead atoms. The molecule has 1 saturated carbocycles. The Morgan fingerprint density at radius 1 is 1.35 bits per heavy atom. The number of ether oxygens (including phenoxy) is 1. The van der Waals surface area contributed by atoms with Gasteiger partial charge >= 0.3 is 0 Å². The molecule has 1 fully saturated rings. The second-order valence-electron chi connectivity index (χ2n) is 5.93. The summed E-state index contributed by atoms with van der Waals surface area (Å²) in [5.41, 5.74) is 1.11. The molecule has 2 rings (SSSR count). The molecule has 1 aliphatic carbocycles. The monoisotopic (exact) mass is 277 g/mol. The topological polar surface area (TPSA) is 32.7 Å². The summed E-state index contributed by atoms with van der Waals surface area (Å²) in [7, 11) is 0. The Morgan fingerprint density at radius 2 is 2.10 bits per heavy atom. The van der Waals surface area contributed by atoms with Crippen LogP contribution >= 0.6 is 0 Å². The molecule has 20 heavy (non-hydrogen) atoms. The lowest BCUT2D eigenvalue weighted by Gasteiger charge is -2.24. The second kappa shape index (κ2) is 7.65. The van der Waals surface area contributed by atoms with Gasteiger partial charge in [-0.15, -0.1) is 0 Å². The molecule has 0 radical (unpaired) electrons. The summed E-state index contributed by atoms with van der Waals surface area (Å²) in [4.78, 5) is 2.38. The Kier molecular flexibility index (Phi) is 5.86. The number of para-hydroxylation sites is 1. The van der Waals surface area contributed by atoms with Gasteiger partial charge < -0.3 is 14.7 Å². The Balaban J connectivity index is 1.75. The van der Waals surface area contributed by atoms with E-state index in [0.717, 1.165) is 43.3 Å². The highest BCUT2D eigenvalue weighted by molar-refractivity contribution is 5.31. The number of aryl methyl sites for hydroxylation is 1. The Morgan fingerprint density at radius 3 is 2.75 bits per heavy atom. The normalized spacial score (nSPS) is 16.4. The van der Waals surface area contributed by atoms with Gasteiger partial charge in [0.2, 0.25) is 0 Å². The maximum absolute atomic E-state index is 10.2. The third-order valence-corrected chi connectivity index (χ3v) is 3.75. The van der Waals surface area contributed by atoms with Gasteiger partial charge in [-0.2, -0.15) is 0 Å². The maximum atomic E-state index is 10.2. The van der Waals surface area contributed by atoms with Gasteiger partial charge in [0.15, 0.2) is 0 Å². The van der Waals surface area contributed by atoms with Gasteiger partial charge in [0, 0.05) is 13.1 Å². The molecule has 1 aromatic carbocycles. The van der Waals surface area contributed by atoms with Crippen LogP contribution in [0.5, 0.6) is 5.75 Å². The molecule has 0 heterocycles. The highest BCUT2D eigenvalue weighted by Crippen LogP contribution is 2.29. The molecule has 0 aromatic heterocycles. The van der Waals surface area contributed by atoms with E-state index in [2.05, 4.69) is 11.8 Å². The minimum absolute atomic E-state index is 0.371. The highest BCUT2D eigenvalue weighted by Gasteiger charge is 2.25. The van der Waals surface area contributed by atoms with E-state index >= 15 is 0 Å². The van der Waals surface area contributed by atoms with Crippen LogP contribution in [-0.4, -0.2) is 42.4 Å². The lowest BCUT2D eigenvalue weighted by atomic mass is 10.2. The number of hydrogen-bond donors (Lipinski definition) is 1. The summed E-state index contributed by atoms with van der Waals surface area (Å²) >= 11 is 0. The van der Waals surface area contributed by atoms with Gasteiger partial charge in [-0.05, 0) is 50.3 Å². The number of benzene rings is 1. The quantitative estimate of drug-likeness (QED) is 0.753. The molecule has 112 valence electrons. The van der Waals surface area contributed by atoms with Crippen LogP contribution in [0.3, 0.4) is 0 Å². The fourth-order valence-electron chi connectivity index (χ4n) is 2.49. The Bertz CT molecular complexity index is 404. The number of aliphatic hydroxyl groups excluding tert-OH is 1. The molecule has 1 aliphatic rings. The van der Waals surface area contributed by atoms with Crippen molar-refractivity contribution in [1.29, 1.82) is 0 Å². The molecule has 0 aliphatic heterocycles. The summed E-state index contributed by atoms with van der Waals surface area (Å²) in [6.07, 6.45) is 3.43. The number of aliphatic hydroxyl groups is 1. The van der Waals surface area contributed by atoms with E-state index in [1.54, 1.807) is 0 Å². The molecule has 3 nitrogen and oxygen atoms in total. The lowest BCUT2D eigenvalue weighted by Crippen LogP contribution is -2.37. The maximum Gasteiger partial charge on any atom is 0.122 e. The fourth-order valence-corrected chi connectivity index (χ4v) is 2.49. The van der Waals surface area contributed by atoms with Crippen molar-refractivity contribution in [3.8, 4) is 5.75 Å². The van der Waals surface area contributed by atoms with Crippen LogP contribution in [0.2, 0.25) is 0 Å². The minimum atomic E-state index is -0.417. The zero-order valence-corrected chi connectivity index (χ0v) is 12.7. The van der Waals surface area contributed by atoms with Crippen LogP contribution < -0.4 is 4.74 Å². The molecule has 1 unspecified atom stereocenters. The second-order valence-corrected chi connectivity index (χ2v) is 5.93. The van der Waals surface area contributed by atoms with Gasteiger partial charge in [-0.1, -0.05) is 25.1 Å². The molecule has 0 amide bonds. The van der Waals surface area contributed by atoms with Crippen LogP contribution in [0.25, 0.3) is 0 Å². The zero-order chi connectivity index (χ0) is 14.4. The first-order valence-corrected chi connectivity index (χ1v) is 7.78. The smallest absolute Gasteiger partial charge is 0.122 e. The van der Waals surface area contributed by atoms with E-state index in [9.17, 15) is 5.11 Å². The number of nitrogens with zero attached hydrogens (tertiary/aromatic N) is 1. The summed E-state index contributed by atoms with van der Waals surface area (Å²) < 4.78 is 5.72. The predicted octanol–water partition coefficient (Wildman–Crippen LogP) is 2.86. The molecular weight excluding hydrogens is 250 g/mol. The van der Waals surface area contributed by atoms with E-state index in [0.29, 0.717) is 6.61 Å². The average molecular weight is 277 g/mol. The molecule has 1 aromatic rings. The Hall–Kier alpha value is -1.06. The van der Waals surface area contributed by atoms with Gasteiger partial charge in [0.25, 0.3) is 0 Å². The van der Waals surface area contributed by atoms with Crippen molar-refractivity contribution in [1.82, 2.24) is 4.90 Å². The third-order valence-electron chi connectivity index (χ3n) is 3.75. The van der Waals surface area contributed by atoms with Crippen molar-refractivity contribution in [2.75, 3.05) is 26.2 Å². The average Bonchev–Trinajstić information content (AvgIpc) is 3.22. The van der Waals surface area contributed by atoms with Gasteiger partial charge in [0.1, 0.15) is 18.5 Å². The highest BCUT2D eigenvalue weighted by atomic mass is 16.5. The molecular formula is C17H27NO2. The number of hydrogen-bond acceptors (Lipinski definition) is 3. The van der Waals surface area contributed by atoms with E-state index in [-0.39, 0.29) is 0 Å². The number of rotatable bonds is 9. The minimum Gasteiger partial charge on any atom is -0.491 e. The Labute approximate surface area is 122 Å². The van der Waals surface area contributed by atoms with Crippen molar-refractivity contribution in [2.24, 2.45) is 5.92 Å². The molecule has 1 atom stereocenters. The van der Waals surface area contributed by atoms with Gasteiger partial charge in [-0.25, -0.2) is 0 Å². The summed E-state index contributed by atoms with van der Waals surface area (Å²) in [5, 5.41) is 10.2. The molecule has 0 spiro atoms. The SMILES string of the molecule is CCCN(CC(O)COc1ccccc1C)CC1CC1. The van der Waals surface area contributed by atoms with Crippen molar-refractivity contribution >= 4 is 0 Å². The summed E-state index contributed by atoms with van der Waals surface area (Å²) in [5.74, 6) is 1.74. The van der Waals surface area contributed by atoms with Crippen molar-refractivity contribution in [3.05, 3.63) is 29.8 Å².